The standard InChI is InChI=1S/C23H26N4O6/c1-22(2,3)16-7-6-15(12-17(16)31-4)19(28)27-20(18-24-9-11-32-18)33-14-23(27,21(29)30)13-26-10-5-8-25-26/h5-12,20H,13-14H2,1-4H3,(H,29,30). The predicted molar refractivity (Wildman–Crippen MR) is 116 cm³/mol. The monoisotopic (exact) mass is 454 g/mol. The second kappa shape index (κ2) is 8.36. The topological polar surface area (TPSA) is 120 Å². The second-order valence-corrected chi connectivity index (χ2v) is 8.91. The van der Waals surface area contributed by atoms with Crippen LogP contribution >= 0.6 is 0 Å². The Morgan fingerprint density at radius 3 is 2.67 bits per heavy atom. The average Bonchev–Trinajstić information content (AvgIpc) is 3.53. The van der Waals surface area contributed by atoms with E-state index in [0.29, 0.717) is 5.75 Å². The summed E-state index contributed by atoms with van der Waals surface area (Å²) >= 11 is 0. The number of carboxylic acid groups (broad SMARTS) is 1. The highest BCUT2D eigenvalue weighted by Crippen LogP contribution is 2.40. The van der Waals surface area contributed by atoms with Crippen molar-refractivity contribution in [3.63, 3.8) is 0 Å². The Labute approximate surface area is 190 Å². The van der Waals surface area contributed by atoms with E-state index >= 15 is 0 Å². The molecular formula is C23H26N4O6. The van der Waals surface area contributed by atoms with Gasteiger partial charge in [-0.25, -0.2) is 9.78 Å². The van der Waals surface area contributed by atoms with Crippen LogP contribution in [0.4, 0.5) is 0 Å². The first-order valence-electron chi connectivity index (χ1n) is 10.4. The summed E-state index contributed by atoms with van der Waals surface area (Å²) in [5.74, 6) is -1.15. The third-order valence-electron chi connectivity index (χ3n) is 5.69. The van der Waals surface area contributed by atoms with E-state index in [1.165, 1.54) is 29.2 Å². The minimum Gasteiger partial charge on any atom is -0.496 e. The zero-order valence-corrected chi connectivity index (χ0v) is 18.9. The van der Waals surface area contributed by atoms with Gasteiger partial charge in [0.2, 0.25) is 12.1 Å². The van der Waals surface area contributed by atoms with Gasteiger partial charge in [-0.2, -0.15) is 5.10 Å². The Hall–Kier alpha value is -3.66. The normalized spacial score (nSPS) is 20.7. The summed E-state index contributed by atoms with van der Waals surface area (Å²) in [4.78, 5) is 31.8. The first-order valence-corrected chi connectivity index (χ1v) is 10.4. The Balaban J connectivity index is 1.82. The SMILES string of the molecule is COc1cc(C(=O)N2C(c3ncco3)OCC2(Cn2cccn2)C(=O)O)ccc1C(C)(C)C. The van der Waals surface area contributed by atoms with Gasteiger partial charge in [0.1, 0.15) is 12.0 Å². The van der Waals surface area contributed by atoms with Gasteiger partial charge in [-0.1, -0.05) is 26.8 Å². The molecule has 1 aromatic carbocycles. The van der Waals surface area contributed by atoms with Crippen LogP contribution in [0.2, 0.25) is 0 Å². The Morgan fingerprint density at radius 2 is 2.09 bits per heavy atom. The number of methoxy groups -OCH3 is 1. The van der Waals surface area contributed by atoms with Gasteiger partial charge in [-0.05, 0) is 29.2 Å². The molecule has 0 bridgehead atoms. The molecule has 3 aromatic rings. The molecule has 33 heavy (non-hydrogen) atoms. The van der Waals surface area contributed by atoms with E-state index in [0.717, 1.165) is 5.56 Å². The Morgan fingerprint density at radius 1 is 1.30 bits per heavy atom. The molecule has 1 aliphatic heterocycles. The second-order valence-electron chi connectivity index (χ2n) is 8.91. The number of ether oxygens (including phenoxy) is 2. The molecule has 2 aromatic heterocycles. The summed E-state index contributed by atoms with van der Waals surface area (Å²) in [5, 5.41) is 14.4. The van der Waals surface area contributed by atoms with Crippen LogP contribution < -0.4 is 4.74 Å². The molecule has 174 valence electrons. The van der Waals surface area contributed by atoms with Crippen molar-refractivity contribution in [1.29, 1.82) is 0 Å². The van der Waals surface area contributed by atoms with E-state index in [-0.39, 0.29) is 30.0 Å². The summed E-state index contributed by atoms with van der Waals surface area (Å²) in [5.41, 5.74) is -0.773. The molecule has 1 fully saturated rings. The van der Waals surface area contributed by atoms with Gasteiger partial charge in [-0.15, -0.1) is 0 Å². The van der Waals surface area contributed by atoms with Crippen LogP contribution in [0, 0.1) is 0 Å². The lowest BCUT2D eigenvalue weighted by Crippen LogP contribution is -2.58. The fraction of sp³-hybridized carbons (Fsp3) is 0.391. The first kappa shape index (κ1) is 22.5. The predicted octanol–water partition coefficient (Wildman–Crippen LogP) is 2.87. The van der Waals surface area contributed by atoms with E-state index in [2.05, 4.69) is 10.1 Å². The molecule has 2 atom stereocenters. The zero-order valence-electron chi connectivity index (χ0n) is 18.9. The van der Waals surface area contributed by atoms with E-state index in [9.17, 15) is 14.7 Å². The van der Waals surface area contributed by atoms with Crippen LogP contribution in [-0.4, -0.2) is 55.9 Å². The fourth-order valence-electron chi connectivity index (χ4n) is 4.02. The van der Waals surface area contributed by atoms with Crippen molar-refractivity contribution in [3.8, 4) is 5.75 Å². The number of carbonyl (C=O) groups excluding carboxylic acids is 1. The third-order valence-corrected chi connectivity index (χ3v) is 5.69. The van der Waals surface area contributed by atoms with Gasteiger partial charge < -0.3 is 19.0 Å². The highest BCUT2D eigenvalue weighted by molar-refractivity contribution is 5.99. The number of aliphatic carboxylic acids is 1. The van der Waals surface area contributed by atoms with Crippen molar-refractivity contribution in [2.75, 3.05) is 13.7 Å². The molecule has 2 unspecified atom stereocenters. The molecule has 1 saturated heterocycles. The fourth-order valence-corrected chi connectivity index (χ4v) is 4.02. The van der Waals surface area contributed by atoms with Crippen LogP contribution in [0.25, 0.3) is 0 Å². The van der Waals surface area contributed by atoms with Crippen LogP contribution in [0.5, 0.6) is 5.75 Å². The Kier molecular flexibility index (Phi) is 5.71. The highest BCUT2D eigenvalue weighted by atomic mass is 16.5. The quantitative estimate of drug-likeness (QED) is 0.604. The molecule has 0 spiro atoms. The molecule has 0 saturated carbocycles. The Bertz CT molecular complexity index is 1140. The van der Waals surface area contributed by atoms with Crippen LogP contribution in [0.15, 0.2) is 53.5 Å². The number of aromatic nitrogens is 3. The number of oxazole rings is 1. The van der Waals surface area contributed by atoms with Gasteiger partial charge in [0, 0.05) is 18.0 Å². The molecule has 1 N–H and O–H groups in total. The number of amides is 1. The van der Waals surface area contributed by atoms with Gasteiger partial charge in [-0.3, -0.25) is 14.4 Å². The molecule has 1 aliphatic rings. The van der Waals surface area contributed by atoms with Crippen LogP contribution in [-0.2, 0) is 21.5 Å². The van der Waals surface area contributed by atoms with Crippen molar-refractivity contribution in [1.82, 2.24) is 19.7 Å². The largest absolute Gasteiger partial charge is 0.496 e. The number of rotatable bonds is 6. The van der Waals surface area contributed by atoms with Crippen LogP contribution in [0.1, 0.15) is 48.8 Å². The van der Waals surface area contributed by atoms with E-state index < -0.39 is 23.6 Å². The van der Waals surface area contributed by atoms with E-state index in [1.54, 1.807) is 30.6 Å². The minimum atomic E-state index is -1.74. The van der Waals surface area contributed by atoms with Gasteiger partial charge in [0.15, 0.2) is 5.54 Å². The molecule has 4 rings (SSSR count). The van der Waals surface area contributed by atoms with Gasteiger partial charge in [0.25, 0.3) is 5.91 Å². The number of hydrogen-bond donors (Lipinski definition) is 1. The molecule has 1 amide bonds. The van der Waals surface area contributed by atoms with Crippen molar-refractivity contribution in [2.24, 2.45) is 0 Å². The molecule has 0 radical (unpaired) electrons. The maximum absolute atomic E-state index is 13.9. The minimum absolute atomic E-state index is 0.0882. The maximum atomic E-state index is 13.9. The number of nitrogens with zero attached hydrogens (tertiary/aromatic N) is 4. The number of benzene rings is 1. The summed E-state index contributed by atoms with van der Waals surface area (Å²) < 4.78 is 18.2. The summed E-state index contributed by atoms with van der Waals surface area (Å²) in [6.45, 7) is 5.74. The van der Waals surface area contributed by atoms with Crippen molar-refractivity contribution >= 4 is 11.9 Å². The molecule has 10 nitrogen and oxygen atoms in total. The average molecular weight is 454 g/mol. The molecular weight excluding hydrogens is 428 g/mol. The van der Waals surface area contributed by atoms with Gasteiger partial charge in [0.05, 0.1) is 26.5 Å². The van der Waals surface area contributed by atoms with Gasteiger partial charge >= 0.3 is 5.97 Å². The smallest absolute Gasteiger partial charge is 0.334 e. The number of hydrogen-bond acceptors (Lipinski definition) is 7. The summed E-state index contributed by atoms with van der Waals surface area (Å²) in [6, 6.07) is 6.78. The van der Waals surface area contributed by atoms with Crippen LogP contribution in [0.3, 0.4) is 0 Å². The molecule has 3 heterocycles. The van der Waals surface area contributed by atoms with E-state index in [1.807, 2.05) is 26.8 Å². The van der Waals surface area contributed by atoms with Crippen molar-refractivity contribution < 1.29 is 28.6 Å². The maximum Gasteiger partial charge on any atom is 0.334 e. The lowest BCUT2D eigenvalue weighted by atomic mass is 9.85. The molecule has 10 heteroatoms. The van der Waals surface area contributed by atoms with E-state index in [4.69, 9.17) is 13.9 Å². The molecule has 0 aliphatic carbocycles. The summed E-state index contributed by atoms with van der Waals surface area (Å²) in [6.07, 6.45) is 4.81. The lowest BCUT2D eigenvalue weighted by Gasteiger charge is -2.35. The van der Waals surface area contributed by atoms with Crippen molar-refractivity contribution in [3.05, 3.63) is 66.1 Å². The lowest BCUT2D eigenvalue weighted by molar-refractivity contribution is -0.149. The zero-order chi connectivity index (χ0) is 23.8. The number of carbonyl (C=O) groups is 2. The first-order chi connectivity index (χ1) is 15.7. The van der Waals surface area contributed by atoms with Crippen molar-refractivity contribution in [2.45, 2.75) is 44.5 Å². The summed E-state index contributed by atoms with van der Waals surface area (Å²) in [7, 11) is 1.53. The third kappa shape index (κ3) is 3.97. The highest BCUT2D eigenvalue weighted by Gasteiger charge is 2.58. The number of carboxylic acids is 1.